The van der Waals surface area contributed by atoms with E-state index in [0.29, 0.717) is 0 Å². The first-order valence-electron chi connectivity index (χ1n) is 6.83. The molecule has 0 aliphatic rings. The summed E-state index contributed by atoms with van der Waals surface area (Å²) in [5.74, 6) is -1.07. The second-order valence-corrected chi connectivity index (χ2v) is 4.97. The van der Waals surface area contributed by atoms with Crippen LogP contribution in [0.4, 0.5) is 13.2 Å². The molecule has 0 amide bonds. The quantitative estimate of drug-likeness (QED) is 0.859. The molecule has 1 atom stereocenters. The summed E-state index contributed by atoms with van der Waals surface area (Å²) >= 11 is 0. The molecule has 7 heteroatoms. The number of halogens is 3. The molecule has 122 valence electrons. The number of carbonyl (C=O) groups is 1. The molecule has 0 saturated carbocycles. The van der Waals surface area contributed by atoms with Crippen LogP contribution >= 0.6 is 0 Å². The summed E-state index contributed by atoms with van der Waals surface area (Å²) in [6, 6.07) is 9.81. The average molecular weight is 324 g/mol. The third kappa shape index (κ3) is 5.37. The highest BCUT2D eigenvalue weighted by Crippen LogP contribution is 2.19. The molecule has 4 nitrogen and oxygen atoms in total. The van der Waals surface area contributed by atoms with Gasteiger partial charge in [0, 0.05) is 12.4 Å². The van der Waals surface area contributed by atoms with Gasteiger partial charge in [0.2, 0.25) is 0 Å². The monoisotopic (exact) mass is 324 g/mol. The maximum absolute atomic E-state index is 12.0. The lowest BCUT2D eigenvalue weighted by Gasteiger charge is -2.13. The van der Waals surface area contributed by atoms with Gasteiger partial charge in [-0.2, -0.15) is 13.2 Å². The van der Waals surface area contributed by atoms with Gasteiger partial charge in [0.1, 0.15) is 6.04 Å². The highest BCUT2D eigenvalue weighted by atomic mass is 19.4. The molecule has 0 fully saturated rings. The van der Waals surface area contributed by atoms with E-state index >= 15 is 0 Å². The Bertz CT molecular complexity index is 643. The topological polar surface area (TPSA) is 65.2 Å². The van der Waals surface area contributed by atoms with Crippen molar-refractivity contribution in [2.24, 2.45) is 5.73 Å². The first-order valence-corrected chi connectivity index (χ1v) is 6.83. The smallest absolute Gasteiger partial charge is 0.422 e. The van der Waals surface area contributed by atoms with Crippen molar-refractivity contribution in [3.63, 3.8) is 0 Å². The summed E-state index contributed by atoms with van der Waals surface area (Å²) in [4.78, 5) is 15.4. The number of nitrogens with zero attached hydrogens (tertiary/aromatic N) is 1. The number of hydrogen-bond donors (Lipinski definition) is 1. The Kier molecular flexibility index (Phi) is 5.33. The average Bonchev–Trinajstić information content (AvgIpc) is 2.53. The number of aromatic nitrogens is 1. The molecule has 1 aromatic heterocycles. The van der Waals surface area contributed by atoms with Crippen molar-refractivity contribution in [2.75, 3.05) is 6.61 Å². The Morgan fingerprint density at radius 2 is 1.65 bits per heavy atom. The maximum atomic E-state index is 12.0. The number of nitrogens with two attached hydrogens (primary N) is 1. The zero-order chi connectivity index (χ0) is 16.9. The van der Waals surface area contributed by atoms with Crippen LogP contribution in [0.25, 0.3) is 11.1 Å². The molecule has 2 rings (SSSR count). The van der Waals surface area contributed by atoms with Crippen LogP contribution in [0.2, 0.25) is 0 Å². The molecular formula is C16H15F3N2O2. The van der Waals surface area contributed by atoms with Crippen molar-refractivity contribution in [1.82, 2.24) is 4.98 Å². The number of hydrogen-bond acceptors (Lipinski definition) is 4. The minimum absolute atomic E-state index is 0.104. The van der Waals surface area contributed by atoms with Crippen LogP contribution in [0.1, 0.15) is 5.56 Å². The lowest BCUT2D eigenvalue weighted by molar-refractivity contribution is -0.187. The van der Waals surface area contributed by atoms with Crippen molar-refractivity contribution < 1.29 is 22.7 Å². The molecule has 0 spiro atoms. The van der Waals surface area contributed by atoms with E-state index in [1.165, 1.54) is 0 Å². The molecular weight excluding hydrogens is 309 g/mol. The Balaban J connectivity index is 1.94. The fourth-order valence-electron chi connectivity index (χ4n) is 1.97. The van der Waals surface area contributed by atoms with Gasteiger partial charge in [0.25, 0.3) is 0 Å². The van der Waals surface area contributed by atoms with Gasteiger partial charge >= 0.3 is 12.1 Å². The molecule has 23 heavy (non-hydrogen) atoms. The Morgan fingerprint density at radius 1 is 1.09 bits per heavy atom. The third-order valence-corrected chi connectivity index (χ3v) is 3.10. The number of esters is 1. The molecule has 1 heterocycles. The van der Waals surface area contributed by atoms with E-state index in [4.69, 9.17) is 5.73 Å². The van der Waals surface area contributed by atoms with E-state index < -0.39 is 24.8 Å². The minimum atomic E-state index is -4.55. The van der Waals surface area contributed by atoms with Crippen molar-refractivity contribution in [1.29, 1.82) is 0 Å². The molecule has 2 N–H and O–H groups in total. The van der Waals surface area contributed by atoms with Crippen molar-refractivity contribution in [3.05, 3.63) is 54.4 Å². The largest absolute Gasteiger partial charge is 0.455 e. The standard InChI is InChI=1S/C16H15F3N2O2/c17-16(18,19)10-23-15(22)14(20)9-11-1-3-12(4-2-11)13-5-7-21-8-6-13/h1-8,14H,9-10,20H2/t14-/m0/s1. The van der Waals surface area contributed by atoms with Gasteiger partial charge < -0.3 is 10.5 Å². The fourth-order valence-corrected chi connectivity index (χ4v) is 1.97. The second-order valence-electron chi connectivity index (χ2n) is 4.97. The fraction of sp³-hybridized carbons (Fsp3) is 0.250. The number of carbonyl (C=O) groups excluding carboxylic acids is 1. The molecule has 2 aromatic rings. The van der Waals surface area contributed by atoms with Gasteiger partial charge in [-0.1, -0.05) is 24.3 Å². The molecule has 1 aromatic carbocycles. The summed E-state index contributed by atoms with van der Waals surface area (Å²) in [7, 11) is 0. The number of ether oxygens (including phenoxy) is 1. The predicted molar refractivity (Wildman–Crippen MR) is 78.4 cm³/mol. The number of rotatable bonds is 5. The zero-order valence-electron chi connectivity index (χ0n) is 12.1. The lowest BCUT2D eigenvalue weighted by Crippen LogP contribution is -2.36. The predicted octanol–water partition coefficient (Wildman–Crippen LogP) is 2.72. The van der Waals surface area contributed by atoms with E-state index in [0.717, 1.165) is 16.7 Å². The van der Waals surface area contributed by atoms with E-state index in [-0.39, 0.29) is 6.42 Å². The van der Waals surface area contributed by atoms with Crippen LogP contribution in [-0.2, 0) is 16.0 Å². The van der Waals surface area contributed by atoms with Crippen LogP contribution in [0.5, 0.6) is 0 Å². The number of benzene rings is 1. The molecule has 0 bridgehead atoms. The molecule has 0 aliphatic carbocycles. The third-order valence-electron chi connectivity index (χ3n) is 3.10. The van der Waals surface area contributed by atoms with E-state index in [9.17, 15) is 18.0 Å². The van der Waals surface area contributed by atoms with E-state index in [2.05, 4.69) is 9.72 Å². The number of alkyl halides is 3. The van der Waals surface area contributed by atoms with Crippen LogP contribution < -0.4 is 5.73 Å². The van der Waals surface area contributed by atoms with E-state index in [1.54, 1.807) is 24.5 Å². The summed E-state index contributed by atoms with van der Waals surface area (Å²) in [6.07, 6.45) is -1.10. The molecule has 0 aliphatic heterocycles. The molecule has 0 radical (unpaired) electrons. The van der Waals surface area contributed by atoms with Crippen LogP contribution in [-0.4, -0.2) is 29.8 Å². The Morgan fingerprint density at radius 3 is 2.22 bits per heavy atom. The van der Waals surface area contributed by atoms with Crippen molar-refractivity contribution in [2.45, 2.75) is 18.6 Å². The van der Waals surface area contributed by atoms with Gasteiger partial charge in [-0.3, -0.25) is 9.78 Å². The van der Waals surface area contributed by atoms with Gasteiger partial charge in [0.05, 0.1) is 0 Å². The van der Waals surface area contributed by atoms with Gasteiger partial charge in [-0.15, -0.1) is 0 Å². The zero-order valence-corrected chi connectivity index (χ0v) is 12.1. The van der Waals surface area contributed by atoms with Gasteiger partial charge in [0.15, 0.2) is 6.61 Å². The lowest BCUT2D eigenvalue weighted by atomic mass is 10.0. The highest BCUT2D eigenvalue weighted by molar-refractivity contribution is 5.76. The highest BCUT2D eigenvalue weighted by Gasteiger charge is 2.30. The minimum Gasteiger partial charge on any atom is -0.455 e. The van der Waals surface area contributed by atoms with Crippen molar-refractivity contribution >= 4 is 5.97 Å². The Hall–Kier alpha value is -2.41. The van der Waals surface area contributed by atoms with Crippen molar-refractivity contribution in [3.8, 4) is 11.1 Å². The Labute approximate surface area is 131 Å². The summed E-state index contributed by atoms with van der Waals surface area (Å²) in [5.41, 5.74) is 8.26. The van der Waals surface area contributed by atoms with Crippen LogP contribution in [0.3, 0.4) is 0 Å². The molecule has 0 saturated heterocycles. The summed E-state index contributed by atoms with van der Waals surface area (Å²) in [5, 5.41) is 0. The first-order chi connectivity index (χ1) is 10.8. The SMILES string of the molecule is N[C@@H](Cc1ccc(-c2ccncc2)cc1)C(=O)OCC(F)(F)F. The summed E-state index contributed by atoms with van der Waals surface area (Å²) in [6.45, 7) is -1.62. The van der Waals surface area contributed by atoms with Gasteiger partial charge in [-0.05, 0) is 35.2 Å². The number of pyridine rings is 1. The van der Waals surface area contributed by atoms with Gasteiger partial charge in [-0.25, -0.2) is 0 Å². The summed E-state index contributed by atoms with van der Waals surface area (Å²) < 4.78 is 40.1. The van der Waals surface area contributed by atoms with E-state index in [1.807, 2.05) is 24.3 Å². The van der Waals surface area contributed by atoms with Crippen LogP contribution in [0.15, 0.2) is 48.8 Å². The maximum Gasteiger partial charge on any atom is 0.422 e. The second kappa shape index (κ2) is 7.23. The first kappa shape index (κ1) is 17.0. The molecule has 0 unspecified atom stereocenters. The normalized spacial score (nSPS) is 12.7. The van der Waals surface area contributed by atoms with Crippen LogP contribution in [0, 0.1) is 0 Å².